The van der Waals surface area contributed by atoms with Crippen molar-refractivity contribution in [2.24, 2.45) is 0 Å². The maximum Gasteiger partial charge on any atom is 0.338 e. The first kappa shape index (κ1) is 29.7. The molecule has 0 saturated carbocycles. The standard InChI is InChI=1S/C34H28BrFN4O3S/c1-22-30(32(41)43-20-23-7-3-2-4-8-23)31(25-13-17-28(18-14-25)42-19-24-11-15-27(35)16-12-24)40-33(37-22)38-34(39-40)44-21-26-9-5-6-10-29(26)36/h2-18,31H,19-21H2,1H3,(H,37,38,39). The fourth-order valence-electron chi connectivity index (χ4n) is 4.82. The minimum absolute atomic E-state index is 0.139. The lowest BCUT2D eigenvalue weighted by molar-refractivity contribution is -0.140. The second-order valence-corrected chi connectivity index (χ2v) is 12.0. The van der Waals surface area contributed by atoms with Crippen molar-refractivity contribution in [2.45, 2.75) is 37.1 Å². The van der Waals surface area contributed by atoms with Gasteiger partial charge in [0.1, 0.15) is 30.8 Å². The van der Waals surface area contributed by atoms with Crippen LogP contribution in [0.3, 0.4) is 0 Å². The Morgan fingerprint density at radius 3 is 2.39 bits per heavy atom. The maximum absolute atomic E-state index is 14.2. The number of halogens is 2. The number of hydrogen-bond donors (Lipinski definition) is 1. The number of nitrogens with zero attached hydrogens (tertiary/aromatic N) is 3. The summed E-state index contributed by atoms with van der Waals surface area (Å²) in [5.74, 6) is 0.812. The fourth-order valence-corrected chi connectivity index (χ4v) is 5.90. The summed E-state index contributed by atoms with van der Waals surface area (Å²) in [5.41, 5.74) is 4.35. The van der Waals surface area contributed by atoms with Gasteiger partial charge in [0.15, 0.2) is 0 Å². The Morgan fingerprint density at radius 1 is 0.932 bits per heavy atom. The second-order valence-electron chi connectivity index (χ2n) is 10.2. The Kier molecular flexibility index (Phi) is 9.09. The highest BCUT2D eigenvalue weighted by atomic mass is 79.9. The number of allylic oxidation sites excluding steroid dienone is 1. The molecule has 1 N–H and O–H groups in total. The summed E-state index contributed by atoms with van der Waals surface area (Å²) < 4.78 is 28.7. The molecule has 1 unspecified atom stereocenters. The van der Waals surface area contributed by atoms with Crippen molar-refractivity contribution in [2.75, 3.05) is 5.32 Å². The van der Waals surface area contributed by atoms with Gasteiger partial charge in [-0.3, -0.25) is 0 Å². The molecule has 1 aliphatic rings. The van der Waals surface area contributed by atoms with Gasteiger partial charge in [0.05, 0.1) is 5.57 Å². The number of benzene rings is 4. The highest BCUT2D eigenvalue weighted by Gasteiger charge is 2.35. The van der Waals surface area contributed by atoms with Crippen molar-refractivity contribution in [3.05, 3.63) is 147 Å². The lowest BCUT2D eigenvalue weighted by Crippen LogP contribution is -2.29. The van der Waals surface area contributed by atoms with E-state index in [0.29, 0.717) is 46.0 Å². The Hall–Kier alpha value is -4.41. The molecule has 10 heteroatoms. The summed E-state index contributed by atoms with van der Waals surface area (Å²) in [4.78, 5) is 18.3. The van der Waals surface area contributed by atoms with E-state index in [1.54, 1.807) is 22.9 Å². The van der Waals surface area contributed by atoms with Gasteiger partial charge in [0.25, 0.3) is 0 Å². The zero-order chi connectivity index (χ0) is 30.5. The molecule has 7 nitrogen and oxygen atoms in total. The smallest absolute Gasteiger partial charge is 0.338 e. The molecule has 5 aromatic rings. The molecule has 0 radical (unpaired) electrons. The summed E-state index contributed by atoms with van der Waals surface area (Å²) >= 11 is 4.78. The number of hydrogen-bond acceptors (Lipinski definition) is 7. The number of rotatable bonds is 10. The Bertz CT molecular complexity index is 1790. The van der Waals surface area contributed by atoms with Crippen LogP contribution in [0.2, 0.25) is 0 Å². The topological polar surface area (TPSA) is 78.3 Å². The van der Waals surface area contributed by atoms with Gasteiger partial charge in [-0.2, -0.15) is 4.98 Å². The molecule has 0 spiro atoms. The molecule has 4 aromatic carbocycles. The second kappa shape index (κ2) is 13.5. The van der Waals surface area contributed by atoms with Gasteiger partial charge in [0, 0.05) is 15.9 Å². The van der Waals surface area contributed by atoms with Crippen LogP contribution < -0.4 is 10.1 Å². The van der Waals surface area contributed by atoms with Crippen LogP contribution in [0.4, 0.5) is 10.3 Å². The first-order valence-corrected chi connectivity index (χ1v) is 15.7. The lowest BCUT2D eigenvalue weighted by Gasteiger charge is -2.28. The molecule has 222 valence electrons. The van der Waals surface area contributed by atoms with Crippen LogP contribution in [-0.4, -0.2) is 20.7 Å². The normalized spacial score (nSPS) is 14.1. The predicted octanol–water partition coefficient (Wildman–Crippen LogP) is 8.08. The average Bonchev–Trinajstić information content (AvgIpc) is 3.45. The van der Waals surface area contributed by atoms with E-state index in [1.807, 2.05) is 85.8 Å². The van der Waals surface area contributed by atoms with Crippen LogP contribution in [0.15, 0.2) is 124 Å². The first-order chi connectivity index (χ1) is 21.4. The van der Waals surface area contributed by atoms with Gasteiger partial charge in [0.2, 0.25) is 11.1 Å². The van der Waals surface area contributed by atoms with E-state index < -0.39 is 12.0 Å². The number of fused-ring (bicyclic) bond motifs is 1. The number of carbonyl (C=O) groups is 1. The van der Waals surface area contributed by atoms with E-state index in [0.717, 1.165) is 21.2 Å². The first-order valence-electron chi connectivity index (χ1n) is 13.9. The highest BCUT2D eigenvalue weighted by Crippen LogP contribution is 2.38. The fraction of sp³-hybridized carbons (Fsp3) is 0.147. The molecule has 0 amide bonds. The summed E-state index contributed by atoms with van der Waals surface area (Å²) in [6.07, 6.45) is 0. The Morgan fingerprint density at radius 2 is 1.64 bits per heavy atom. The minimum atomic E-state index is -0.606. The highest BCUT2D eigenvalue weighted by molar-refractivity contribution is 9.10. The predicted molar refractivity (Wildman–Crippen MR) is 172 cm³/mol. The van der Waals surface area contributed by atoms with E-state index in [9.17, 15) is 9.18 Å². The lowest BCUT2D eigenvalue weighted by atomic mass is 9.95. The van der Waals surface area contributed by atoms with Gasteiger partial charge in [-0.1, -0.05) is 100 Å². The molecule has 0 fully saturated rings. The molecule has 1 aliphatic heterocycles. The van der Waals surface area contributed by atoms with Crippen LogP contribution >= 0.6 is 27.7 Å². The zero-order valence-corrected chi connectivity index (χ0v) is 26.1. The van der Waals surface area contributed by atoms with Crippen LogP contribution in [0.1, 0.15) is 35.2 Å². The summed E-state index contributed by atoms with van der Waals surface area (Å²) in [6, 6.07) is 31.1. The van der Waals surface area contributed by atoms with Gasteiger partial charge in [-0.05, 0) is 59.5 Å². The molecule has 44 heavy (non-hydrogen) atoms. The van der Waals surface area contributed by atoms with E-state index in [-0.39, 0.29) is 12.4 Å². The Labute approximate surface area is 267 Å². The van der Waals surface area contributed by atoms with E-state index in [2.05, 4.69) is 26.2 Å². The minimum Gasteiger partial charge on any atom is -0.489 e. The molecule has 1 atom stereocenters. The number of anilines is 1. The van der Waals surface area contributed by atoms with Crippen molar-refractivity contribution in [1.82, 2.24) is 14.8 Å². The van der Waals surface area contributed by atoms with E-state index >= 15 is 0 Å². The largest absolute Gasteiger partial charge is 0.489 e. The van der Waals surface area contributed by atoms with Crippen LogP contribution in [0, 0.1) is 5.82 Å². The van der Waals surface area contributed by atoms with Crippen LogP contribution in [0.25, 0.3) is 0 Å². The number of aromatic nitrogens is 3. The quantitative estimate of drug-likeness (QED) is 0.119. The van der Waals surface area contributed by atoms with Crippen molar-refractivity contribution < 1.29 is 18.7 Å². The van der Waals surface area contributed by atoms with Crippen molar-refractivity contribution in [1.29, 1.82) is 0 Å². The molecule has 2 heterocycles. The Balaban J connectivity index is 1.27. The average molecular weight is 672 g/mol. The van der Waals surface area contributed by atoms with Crippen LogP contribution in [-0.2, 0) is 28.5 Å². The molecular weight excluding hydrogens is 643 g/mol. The number of nitrogens with one attached hydrogen (secondary N) is 1. The maximum atomic E-state index is 14.2. The van der Waals surface area contributed by atoms with Gasteiger partial charge in [-0.15, -0.1) is 5.10 Å². The third-order valence-corrected chi connectivity index (χ3v) is 8.51. The number of ether oxygens (including phenoxy) is 2. The van der Waals surface area contributed by atoms with E-state index in [1.165, 1.54) is 17.8 Å². The number of esters is 1. The van der Waals surface area contributed by atoms with Gasteiger partial charge in [-0.25, -0.2) is 13.9 Å². The van der Waals surface area contributed by atoms with E-state index in [4.69, 9.17) is 14.6 Å². The number of carbonyl (C=O) groups excluding carboxylic acids is 1. The monoisotopic (exact) mass is 670 g/mol. The summed E-state index contributed by atoms with van der Waals surface area (Å²) in [6.45, 7) is 2.39. The third-order valence-electron chi connectivity index (χ3n) is 7.10. The SMILES string of the molecule is CC1=C(C(=O)OCc2ccccc2)C(c2ccc(OCc3ccc(Br)cc3)cc2)n2nc(SCc3ccccc3F)nc2N1. The van der Waals surface area contributed by atoms with Crippen molar-refractivity contribution in [3.8, 4) is 5.75 Å². The number of thioether (sulfide) groups is 1. The molecule has 0 bridgehead atoms. The molecule has 0 saturated heterocycles. The van der Waals surface area contributed by atoms with Gasteiger partial charge < -0.3 is 14.8 Å². The summed E-state index contributed by atoms with van der Waals surface area (Å²) in [7, 11) is 0. The molecule has 1 aromatic heterocycles. The third kappa shape index (κ3) is 6.87. The summed E-state index contributed by atoms with van der Waals surface area (Å²) in [5, 5.41) is 8.44. The van der Waals surface area contributed by atoms with Gasteiger partial charge >= 0.3 is 5.97 Å². The van der Waals surface area contributed by atoms with Crippen LogP contribution in [0.5, 0.6) is 5.75 Å². The van der Waals surface area contributed by atoms with Crippen molar-refractivity contribution in [3.63, 3.8) is 0 Å². The molecular formula is C34H28BrFN4O3S. The molecule has 6 rings (SSSR count). The van der Waals surface area contributed by atoms with Crippen molar-refractivity contribution >= 4 is 39.6 Å². The molecule has 0 aliphatic carbocycles. The zero-order valence-electron chi connectivity index (χ0n) is 23.7.